The van der Waals surface area contributed by atoms with Crippen LogP contribution in [0.25, 0.3) is 0 Å². The lowest BCUT2D eigenvalue weighted by molar-refractivity contribution is 0.411. The molecule has 0 aromatic heterocycles. The number of rotatable bonds is 4. The van der Waals surface area contributed by atoms with E-state index in [1.54, 1.807) is 19.2 Å². The SMILES string of the molecule is COc1ccccc1CS(=O)c1cccc(F)c1. The van der Waals surface area contributed by atoms with E-state index in [2.05, 4.69) is 0 Å². The maximum atomic E-state index is 13.1. The number of benzene rings is 2. The quantitative estimate of drug-likeness (QED) is 0.848. The molecular weight excluding hydrogens is 251 g/mol. The van der Waals surface area contributed by atoms with Gasteiger partial charge >= 0.3 is 0 Å². The molecule has 0 aliphatic rings. The first-order valence-corrected chi connectivity index (χ1v) is 6.78. The van der Waals surface area contributed by atoms with Crippen molar-refractivity contribution in [2.45, 2.75) is 10.6 Å². The van der Waals surface area contributed by atoms with Gasteiger partial charge in [-0.05, 0) is 24.3 Å². The third-order valence-corrected chi connectivity index (χ3v) is 3.89. The lowest BCUT2D eigenvalue weighted by Gasteiger charge is -2.08. The van der Waals surface area contributed by atoms with Crippen LogP contribution in [0.2, 0.25) is 0 Å². The second kappa shape index (κ2) is 5.78. The van der Waals surface area contributed by atoms with Crippen molar-refractivity contribution >= 4 is 10.8 Å². The number of ether oxygens (including phenoxy) is 1. The number of para-hydroxylation sites is 1. The molecule has 1 atom stereocenters. The highest BCUT2D eigenvalue weighted by molar-refractivity contribution is 7.84. The highest BCUT2D eigenvalue weighted by atomic mass is 32.2. The van der Waals surface area contributed by atoms with Crippen molar-refractivity contribution in [2.24, 2.45) is 0 Å². The average molecular weight is 264 g/mol. The Morgan fingerprint density at radius 3 is 2.67 bits per heavy atom. The Balaban J connectivity index is 2.21. The maximum Gasteiger partial charge on any atom is 0.124 e. The lowest BCUT2D eigenvalue weighted by Crippen LogP contribution is -1.99. The van der Waals surface area contributed by atoms with E-state index in [0.29, 0.717) is 16.4 Å². The van der Waals surface area contributed by atoms with Crippen LogP contribution in [-0.2, 0) is 16.6 Å². The summed E-state index contributed by atoms with van der Waals surface area (Å²) in [4.78, 5) is 0.487. The summed E-state index contributed by atoms with van der Waals surface area (Å²) >= 11 is 0. The van der Waals surface area contributed by atoms with Crippen LogP contribution >= 0.6 is 0 Å². The second-order valence-corrected chi connectivity index (χ2v) is 5.21. The zero-order valence-electron chi connectivity index (χ0n) is 9.93. The summed E-state index contributed by atoms with van der Waals surface area (Å²) < 4.78 is 30.4. The van der Waals surface area contributed by atoms with E-state index >= 15 is 0 Å². The fourth-order valence-corrected chi connectivity index (χ4v) is 2.82. The minimum Gasteiger partial charge on any atom is -0.496 e. The van der Waals surface area contributed by atoms with Crippen molar-refractivity contribution in [1.29, 1.82) is 0 Å². The molecular formula is C14H13FO2S. The fraction of sp³-hybridized carbons (Fsp3) is 0.143. The molecule has 0 saturated carbocycles. The minimum absolute atomic E-state index is 0.313. The van der Waals surface area contributed by atoms with Gasteiger partial charge in [-0.25, -0.2) is 4.39 Å². The first-order valence-electron chi connectivity index (χ1n) is 5.46. The van der Waals surface area contributed by atoms with Gasteiger partial charge in [0.2, 0.25) is 0 Å². The second-order valence-electron chi connectivity index (χ2n) is 3.76. The third kappa shape index (κ3) is 2.96. The van der Waals surface area contributed by atoms with Crippen LogP contribution in [0.15, 0.2) is 53.4 Å². The molecule has 0 aliphatic carbocycles. The summed E-state index contributed by atoms with van der Waals surface area (Å²) in [5, 5.41) is 0. The van der Waals surface area contributed by atoms with Crippen LogP contribution in [-0.4, -0.2) is 11.3 Å². The van der Waals surface area contributed by atoms with Gasteiger partial charge in [0.25, 0.3) is 0 Å². The van der Waals surface area contributed by atoms with Crippen LogP contribution in [0.4, 0.5) is 4.39 Å². The molecule has 0 amide bonds. The maximum absolute atomic E-state index is 13.1. The number of hydrogen-bond donors (Lipinski definition) is 0. The molecule has 4 heteroatoms. The predicted octanol–water partition coefficient (Wildman–Crippen LogP) is 3.14. The molecule has 0 heterocycles. The minimum atomic E-state index is -1.28. The molecule has 94 valence electrons. The van der Waals surface area contributed by atoms with Gasteiger partial charge in [-0.2, -0.15) is 0 Å². The molecule has 2 aromatic carbocycles. The first kappa shape index (κ1) is 12.8. The third-order valence-electron chi connectivity index (χ3n) is 2.54. The normalized spacial score (nSPS) is 12.1. The lowest BCUT2D eigenvalue weighted by atomic mass is 10.2. The number of methoxy groups -OCH3 is 1. The van der Waals surface area contributed by atoms with Crippen LogP contribution in [0.5, 0.6) is 5.75 Å². The van der Waals surface area contributed by atoms with Gasteiger partial charge < -0.3 is 4.74 Å². The van der Waals surface area contributed by atoms with Crippen molar-refractivity contribution < 1.29 is 13.3 Å². The van der Waals surface area contributed by atoms with E-state index in [1.807, 2.05) is 24.3 Å². The monoisotopic (exact) mass is 264 g/mol. The van der Waals surface area contributed by atoms with E-state index in [0.717, 1.165) is 5.56 Å². The van der Waals surface area contributed by atoms with Gasteiger partial charge in [-0.1, -0.05) is 24.3 Å². The Bertz CT molecular complexity index is 569. The smallest absolute Gasteiger partial charge is 0.124 e. The molecule has 18 heavy (non-hydrogen) atoms. The molecule has 1 unspecified atom stereocenters. The highest BCUT2D eigenvalue weighted by Crippen LogP contribution is 2.21. The summed E-state index contributed by atoms with van der Waals surface area (Å²) in [5.41, 5.74) is 0.850. The van der Waals surface area contributed by atoms with E-state index < -0.39 is 10.8 Å². The highest BCUT2D eigenvalue weighted by Gasteiger charge is 2.09. The molecule has 0 saturated heterocycles. The number of hydrogen-bond acceptors (Lipinski definition) is 2. The van der Waals surface area contributed by atoms with Gasteiger partial charge in [0, 0.05) is 10.5 Å². The van der Waals surface area contributed by atoms with Gasteiger partial charge in [0.15, 0.2) is 0 Å². The summed E-state index contributed by atoms with van der Waals surface area (Å²) in [7, 11) is 0.297. The van der Waals surface area contributed by atoms with E-state index in [9.17, 15) is 8.60 Å². The Morgan fingerprint density at radius 2 is 1.94 bits per heavy atom. The van der Waals surface area contributed by atoms with E-state index in [-0.39, 0.29) is 5.82 Å². The van der Waals surface area contributed by atoms with Gasteiger partial charge in [0.05, 0.1) is 23.7 Å². The van der Waals surface area contributed by atoms with E-state index in [1.165, 1.54) is 12.1 Å². The molecule has 0 N–H and O–H groups in total. The van der Waals surface area contributed by atoms with Crippen molar-refractivity contribution in [3.63, 3.8) is 0 Å². The molecule has 0 bridgehead atoms. The standard InChI is InChI=1S/C14H13FO2S/c1-17-14-8-3-2-5-11(14)10-18(16)13-7-4-6-12(15)9-13/h2-9H,10H2,1H3. The van der Waals surface area contributed by atoms with Gasteiger partial charge in [-0.15, -0.1) is 0 Å². The Hall–Kier alpha value is -1.68. The van der Waals surface area contributed by atoms with Crippen LogP contribution in [0.3, 0.4) is 0 Å². The van der Waals surface area contributed by atoms with Crippen LogP contribution in [0.1, 0.15) is 5.56 Å². The van der Waals surface area contributed by atoms with Gasteiger partial charge in [0.1, 0.15) is 11.6 Å². The first-order chi connectivity index (χ1) is 8.70. The Labute approximate surface area is 108 Å². The summed E-state index contributed by atoms with van der Waals surface area (Å²) in [6, 6.07) is 13.2. The Morgan fingerprint density at radius 1 is 1.17 bits per heavy atom. The largest absolute Gasteiger partial charge is 0.496 e. The topological polar surface area (TPSA) is 26.3 Å². The summed E-state index contributed by atoms with van der Waals surface area (Å²) in [6.45, 7) is 0. The molecule has 0 fully saturated rings. The van der Waals surface area contributed by atoms with Gasteiger partial charge in [-0.3, -0.25) is 4.21 Å². The Kier molecular flexibility index (Phi) is 4.10. The van der Waals surface area contributed by atoms with E-state index in [4.69, 9.17) is 4.74 Å². The zero-order valence-corrected chi connectivity index (χ0v) is 10.7. The predicted molar refractivity (Wildman–Crippen MR) is 69.5 cm³/mol. The van der Waals surface area contributed by atoms with Crippen molar-refractivity contribution in [2.75, 3.05) is 7.11 Å². The molecule has 0 spiro atoms. The van der Waals surface area contributed by atoms with Crippen LogP contribution < -0.4 is 4.74 Å². The number of halogens is 1. The van der Waals surface area contributed by atoms with Crippen LogP contribution in [0, 0.1) is 5.82 Å². The van der Waals surface area contributed by atoms with Crippen molar-refractivity contribution in [3.05, 3.63) is 59.9 Å². The summed E-state index contributed by atoms with van der Waals surface area (Å²) in [5.74, 6) is 0.635. The fourth-order valence-electron chi connectivity index (χ4n) is 1.66. The molecule has 0 aliphatic heterocycles. The zero-order chi connectivity index (χ0) is 13.0. The van der Waals surface area contributed by atoms with Crippen molar-refractivity contribution in [3.8, 4) is 5.75 Å². The molecule has 2 nitrogen and oxygen atoms in total. The average Bonchev–Trinajstić information content (AvgIpc) is 2.39. The van der Waals surface area contributed by atoms with Crippen molar-refractivity contribution in [1.82, 2.24) is 0 Å². The summed E-state index contributed by atoms with van der Waals surface area (Å²) in [6.07, 6.45) is 0. The molecule has 0 radical (unpaired) electrons. The molecule has 2 rings (SSSR count). The molecule has 2 aromatic rings.